The van der Waals surface area contributed by atoms with Crippen molar-refractivity contribution in [2.45, 2.75) is 19.3 Å². The molecule has 0 aliphatic carbocycles. The van der Waals surface area contributed by atoms with Crippen molar-refractivity contribution >= 4 is 11.0 Å². The van der Waals surface area contributed by atoms with Gasteiger partial charge in [0.1, 0.15) is 0 Å². The molecule has 0 saturated heterocycles. The van der Waals surface area contributed by atoms with Crippen molar-refractivity contribution in [3.63, 3.8) is 0 Å². The number of pyridine rings is 1. The van der Waals surface area contributed by atoms with Crippen LogP contribution in [-0.4, -0.2) is 15.2 Å². The highest BCUT2D eigenvalue weighted by Gasteiger charge is 2.11. The highest BCUT2D eigenvalue weighted by Crippen LogP contribution is 2.29. The Labute approximate surface area is 117 Å². The van der Waals surface area contributed by atoms with Gasteiger partial charge in [-0.3, -0.25) is 5.10 Å². The van der Waals surface area contributed by atoms with Crippen molar-refractivity contribution in [3.8, 4) is 17.2 Å². The van der Waals surface area contributed by atoms with Crippen LogP contribution in [-0.2, 0) is 0 Å². The van der Waals surface area contributed by atoms with Gasteiger partial charge >= 0.3 is 0 Å². The van der Waals surface area contributed by atoms with Crippen molar-refractivity contribution in [3.05, 3.63) is 48.3 Å². The van der Waals surface area contributed by atoms with Crippen LogP contribution in [0.25, 0.3) is 22.2 Å². The van der Waals surface area contributed by atoms with Crippen molar-refractivity contribution in [1.82, 2.24) is 15.2 Å². The second kappa shape index (κ2) is 5.14. The molecule has 0 radical (unpaired) electrons. The van der Waals surface area contributed by atoms with E-state index < -0.39 is 0 Å². The molecule has 2 heterocycles. The maximum atomic E-state index is 9.20. The Morgan fingerprint density at radius 2 is 2.25 bits per heavy atom. The lowest BCUT2D eigenvalue weighted by Crippen LogP contribution is -1.94. The van der Waals surface area contributed by atoms with E-state index in [-0.39, 0.29) is 5.92 Å². The topological polar surface area (TPSA) is 65.4 Å². The SMILES string of the molecule is CCC(C#N)c1cccc(-c2ccnc3[nH]ncc23)c1. The molecule has 98 valence electrons. The number of nitrogens with one attached hydrogen (secondary N) is 1. The largest absolute Gasteiger partial charge is 0.261 e. The molecule has 3 aromatic rings. The number of aromatic amines is 1. The molecule has 1 aromatic carbocycles. The fourth-order valence-electron chi connectivity index (χ4n) is 2.43. The first kappa shape index (κ1) is 12.4. The summed E-state index contributed by atoms with van der Waals surface area (Å²) >= 11 is 0. The molecule has 1 atom stereocenters. The third-order valence-electron chi connectivity index (χ3n) is 3.52. The van der Waals surface area contributed by atoms with E-state index in [1.807, 2.05) is 25.1 Å². The number of aromatic nitrogens is 3. The number of benzene rings is 1. The number of hydrogen-bond acceptors (Lipinski definition) is 3. The zero-order valence-electron chi connectivity index (χ0n) is 11.2. The highest BCUT2D eigenvalue weighted by molar-refractivity contribution is 5.92. The average Bonchev–Trinajstić information content (AvgIpc) is 2.97. The van der Waals surface area contributed by atoms with Crippen molar-refractivity contribution in [1.29, 1.82) is 5.26 Å². The Morgan fingerprint density at radius 3 is 3.05 bits per heavy atom. The Hall–Kier alpha value is -2.67. The third-order valence-corrected chi connectivity index (χ3v) is 3.52. The monoisotopic (exact) mass is 262 g/mol. The zero-order valence-corrected chi connectivity index (χ0v) is 11.2. The fraction of sp³-hybridized carbons (Fsp3) is 0.188. The van der Waals surface area contributed by atoms with Crippen molar-refractivity contribution in [2.75, 3.05) is 0 Å². The summed E-state index contributed by atoms with van der Waals surface area (Å²) in [5.74, 6) is -0.0587. The number of H-pyrrole nitrogens is 1. The number of rotatable bonds is 3. The minimum atomic E-state index is -0.0587. The molecule has 0 fully saturated rings. The van der Waals surface area contributed by atoms with Crippen LogP contribution in [0.15, 0.2) is 42.7 Å². The van der Waals surface area contributed by atoms with Gasteiger partial charge in [0.2, 0.25) is 0 Å². The molecule has 0 amide bonds. The van der Waals surface area contributed by atoms with Gasteiger partial charge in [-0.25, -0.2) is 4.98 Å². The molecule has 0 saturated carbocycles. The molecule has 1 N–H and O–H groups in total. The molecule has 3 rings (SSSR count). The molecule has 2 aromatic heterocycles. The summed E-state index contributed by atoms with van der Waals surface area (Å²) in [5.41, 5.74) is 4.00. The van der Waals surface area contributed by atoms with Crippen LogP contribution in [0.3, 0.4) is 0 Å². The Balaban J connectivity index is 2.13. The van der Waals surface area contributed by atoms with Crippen molar-refractivity contribution in [2.24, 2.45) is 0 Å². The van der Waals surface area contributed by atoms with Gasteiger partial charge in [0, 0.05) is 11.6 Å². The molecule has 1 unspecified atom stereocenters. The first-order valence-corrected chi connectivity index (χ1v) is 6.61. The highest BCUT2D eigenvalue weighted by atomic mass is 15.1. The first-order chi connectivity index (χ1) is 9.83. The Morgan fingerprint density at radius 1 is 1.35 bits per heavy atom. The molecule has 0 aliphatic heterocycles. The second-order valence-electron chi connectivity index (χ2n) is 4.71. The maximum absolute atomic E-state index is 9.20. The number of hydrogen-bond donors (Lipinski definition) is 1. The van der Waals surface area contributed by atoms with Crippen LogP contribution in [0.1, 0.15) is 24.8 Å². The molecular weight excluding hydrogens is 248 g/mol. The van der Waals surface area contributed by atoms with Crippen LogP contribution in [0.5, 0.6) is 0 Å². The van der Waals surface area contributed by atoms with E-state index in [9.17, 15) is 5.26 Å². The van der Waals surface area contributed by atoms with E-state index in [1.54, 1.807) is 12.4 Å². The van der Waals surface area contributed by atoms with Gasteiger partial charge in [-0.05, 0) is 35.2 Å². The van der Waals surface area contributed by atoms with Crippen LogP contribution in [0.4, 0.5) is 0 Å². The zero-order chi connectivity index (χ0) is 13.9. The minimum Gasteiger partial charge on any atom is -0.261 e. The van der Waals surface area contributed by atoms with E-state index in [4.69, 9.17) is 0 Å². The molecule has 20 heavy (non-hydrogen) atoms. The molecule has 0 spiro atoms. The van der Waals surface area contributed by atoms with Gasteiger partial charge in [-0.15, -0.1) is 0 Å². The summed E-state index contributed by atoms with van der Waals surface area (Å²) in [6.45, 7) is 2.03. The summed E-state index contributed by atoms with van der Waals surface area (Å²) < 4.78 is 0. The minimum absolute atomic E-state index is 0.0587. The quantitative estimate of drug-likeness (QED) is 0.783. The standard InChI is InChI=1S/C16H14N4/c1-2-11(9-17)12-4-3-5-13(8-12)14-6-7-18-16-15(14)10-19-20-16/h3-8,10-11H,2H2,1H3,(H,18,19,20). The van der Waals surface area contributed by atoms with Crippen LogP contribution >= 0.6 is 0 Å². The summed E-state index contributed by atoms with van der Waals surface area (Å²) in [4.78, 5) is 4.25. The summed E-state index contributed by atoms with van der Waals surface area (Å²) in [5, 5.41) is 17.1. The van der Waals surface area contributed by atoms with Gasteiger partial charge in [0.05, 0.1) is 18.2 Å². The molecule has 0 bridgehead atoms. The van der Waals surface area contributed by atoms with Crippen LogP contribution in [0, 0.1) is 11.3 Å². The maximum Gasteiger partial charge on any atom is 0.155 e. The number of nitriles is 1. The average molecular weight is 262 g/mol. The van der Waals surface area contributed by atoms with Gasteiger partial charge < -0.3 is 0 Å². The molecule has 0 aliphatic rings. The van der Waals surface area contributed by atoms with E-state index in [1.165, 1.54) is 0 Å². The van der Waals surface area contributed by atoms with Gasteiger partial charge in [0.15, 0.2) is 5.65 Å². The molecular formula is C16H14N4. The lowest BCUT2D eigenvalue weighted by atomic mass is 9.94. The fourth-order valence-corrected chi connectivity index (χ4v) is 2.43. The smallest absolute Gasteiger partial charge is 0.155 e. The van der Waals surface area contributed by atoms with Gasteiger partial charge in [-0.2, -0.15) is 10.4 Å². The summed E-state index contributed by atoms with van der Waals surface area (Å²) in [6.07, 6.45) is 4.37. The van der Waals surface area contributed by atoms with E-state index in [0.29, 0.717) is 0 Å². The first-order valence-electron chi connectivity index (χ1n) is 6.61. The lowest BCUT2D eigenvalue weighted by Gasteiger charge is -2.09. The molecule has 4 nitrogen and oxygen atoms in total. The van der Waals surface area contributed by atoms with Crippen LogP contribution < -0.4 is 0 Å². The van der Waals surface area contributed by atoms with Crippen molar-refractivity contribution < 1.29 is 0 Å². The predicted molar refractivity (Wildman–Crippen MR) is 78.0 cm³/mol. The number of nitrogens with zero attached hydrogens (tertiary/aromatic N) is 3. The van der Waals surface area contributed by atoms with E-state index in [2.05, 4.69) is 33.4 Å². The lowest BCUT2D eigenvalue weighted by molar-refractivity contribution is 0.819. The van der Waals surface area contributed by atoms with Crippen LogP contribution in [0.2, 0.25) is 0 Å². The van der Waals surface area contributed by atoms with E-state index in [0.717, 1.165) is 34.1 Å². The Kier molecular flexibility index (Phi) is 3.18. The number of fused-ring (bicyclic) bond motifs is 1. The Bertz CT molecular complexity index is 782. The molecule has 4 heteroatoms. The summed E-state index contributed by atoms with van der Waals surface area (Å²) in [7, 11) is 0. The third kappa shape index (κ3) is 2.04. The van der Waals surface area contributed by atoms with Gasteiger partial charge in [0.25, 0.3) is 0 Å². The summed E-state index contributed by atoms with van der Waals surface area (Å²) in [6, 6.07) is 12.5. The van der Waals surface area contributed by atoms with E-state index >= 15 is 0 Å². The predicted octanol–water partition coefficient (Wildman–Crippen LogP) is 3.64. The second-order valence-corrected chi connectivity index (χ2v) is 4.71. The normalized spacial score (nSPS) is 12.2. The van der Waals surface area contributed by atoms with Gasteiger partial charge in [-0.1, -0.05) is 25.1 Å².